The Morgan fingerprint density at radius 2 is 2.11 bits per heavy atom. The summed E-state index contributed by atoms with van der Waals surface area (Å²) in [5.74, 6) is 2.57. The summed E-state index contributed by atoms with van der Waals surface area (Å²) < 4.78 is 0. The second kappa shape index (κ2) is 4.49. The molecule has 102 valence electrons. The van der Waals surface area contributed by atoms with Crippen molar-refractivity contribution in [3.8, 4) is 0 Å². The zero-order chi connectivity index (χ0) is 13.6. The van der Waals surface area contributed by atoms with E-state index in [-0.39, 0.29) is 5.91 Å². The number of anilines is 1. The first-order valence-corrected chi connectivity index (χ1v) is 6.73. The first kappa shape index (κ1) is 12.4. The fraction of sp³-hybridized carbons (Fsp3) is 0.571. The normalized spacial score (nSPS) is 28.6. The average molecular weight is 260 g/mol. The second-order valence-electron chi connectivity index (χ2n) is 5.91. The summed E-state index contributed by atoms with van der Waals surface area (Å²) in [5, 5.41) is 0. The van der Waals surface area contributed by atoms with Gasteiger partial charge in [-0.1, -0.05) is 6.07 Å². The molecule has 1 aliphatic heterocycles. The molecule has 1 aliphatic carbocycles. The van der Waals surface area contributed by atoms with Crippen molar-refractivity contribution >= 4 is 11.7 Å². The van der Waals surface area contributed by atoms with Gasteiger partial charge in [-0.25, -0.2) is 4.98 Å². The lowest BCUT2D eigenvalue weighted by atomic mass is 10.2. The van der Waals surface area contributed by atoms with Crippen molar-refractivity contribution in [2.75, 3.05) is 39.5 Å². The molecule has 2 fully saturated rings. The molecule has 2 heterocycles. The summed E-state index contributed by atoms with van der Waals surface area (Å²) in [6.45, 7) is 2.88. The molecule has 1 aromatic heterocycles. The third kappa shape index (κ3) is 2.30. The minimum Gasteiger partial charge on any atom is -0.384 e. The van der Waals surface area contributed by atoms with Crippen molar-refractivity contribution in [3.05, 3.63) is 23.9 Å². The van der Waals surface area contributed by atoms with Crippen LogP contribution in [0.4, 0.5) is 5.82 Å². The number of carbonyl (C=O) groups excluding carboxylic acids is 1. The van der Waals surface area contributed by atoms with E-state index < -0.39 is 0 Å². The van der Waals surface area contributed by atoms with Gasteiger partial charge in [0.05, 0.1) is 0 Å². The van der Waals surface area contributed by atoms with Gasteiger partial charge in [-0.05, 0) is 44.0 Å². The largest absolute Gasteiger partial charge is 0.384 e. The van der Waals surface area contributed by atoms with Gasteiger partial charge >= 0.3 is 0 Å². The number of hydrogen-bond acceptors (Lipinski definition) is 4. The number of fused-ring (bicyclic) bond motifs is 1. The van der Waals surface area contributed by atoms with Crippen molar-refractivity contribution in [1.29, 1.82) is 0 Å². The van der Waals surface area contributed by atoms with Crippen LogP contribution < -0.4 is 5.73 Å². The van der Waals surface area contributed by atoms with E-state index in [4.69, 9.17) is 5.73 Å². The van der Waals surface area contributed by atoms with Gasteiger partial charge in [0, 0.05) is 19.6 Å². The van der Waals surface area contributed by atoms with E-state index in [1.165, 1.54) is 0 Å². The van der Waals surface area contributed by atoms with Gasteiger partial charge in [-0.15, -0.1) is 0 Å². The molecule has 1 amide bonds. The number of carbonyl (C=O) groups is 1. The van der Waals surface area contributed by atoms with Crippen LogP contribution in [-0.2, 0) is 0 Å². The predicted molar refractivity (Wildman–Crippen MR) is 73.6 cm³/mol. The summed E-state index contributed by atoms with van der Waals surface area (Å²) in [5.41, 5.74) is 6.08. The molecule has 1 saturated carbocycles. The van der Waals surface area contributed by atoms with Gasteiger partial charge < -0.3 is 15.5 Å². The topological polar surface area (TPSA) is 62.5 Å². The van der Waals surface area contributed by atoms with Gasteiger partial charge in [-0.3, -0.25) is 4.79 Å². The molecule has 0 aromatic carbocycles. The molecule has 1 unspecified atom stereocenters. The molecule has 3 rings (SSSR count). The number of piperidine rings is 1. The third-order valence-corrected chi connectivity index (χ3v) is 4.22. The van der Waals surface area contributed by atoms with E-state index in [1.807, 2.05) is 4.90 Å². The van der Waals surface area contributed by atoms with Crippen LogP contribution in [0.15, 0.2) is 18.2 Å². The summed E-state index contributed by atoms with van der Waals surface area (Å²) in [7, 11) is 4.21. The molecule has 5 nitrogen and oxygen atoms in total. The van der Waals surface area contributed by atoms with E-state index in [0.717, 1.165) is 25.6 Å². The third-order valence-electron chi connectivity index (χ3n) is 4.22. The molecular formula is C14H20N4O. The summed E-state index contributed by atoms with van der Waals surface area (Å²) in [4.78, 5) is 20.5. The smallest absolute Gasteiger partial charge is 0.272 e. The Morgan fingerprint density at radius 1 is 1.42 bits per heavy atom. The number of nitrogens with two attached hydrogens (primary N) is 1. The van der Waals surface area contributed by atoms with Crippen LogP contribution in [-0.4, -0.2) is 54.4 Å². The van der Waals surface area contributed by atoms with Crippen LogP contribution in [0.2, 0.25) is 0 Å². The molecular weight excluding hydrogens is 240 g/mol. The van der Waals surface area contributed by atoms with Gasteiger partial charge in [-0.2, -0.15) is 0 Å². The zero-order valence-electron chi connectivity index (χ0n) is 11.4. The minimum absolute atomic E-state index is 0.0168. The number of nitrogens with zero attached hydrogens (tertiary/aromatic N) is 3. The molecule has 1 saturated heterocycles. The maximum atomic E-state index is 12.3. The molecule has 0 radical (unpaired) electrons. The van der Waals surface area contributed by atoms with E-state index in [9.17, 15) is 4.79 Å². The van der Waals surface area contributed by atoms with Crippen molar-refractivity contribution in [2.24, 2.45) is 17.8 Å². The number of rotatable bonds is 3. The highest BCUT2D eigenvalue weighted by molar-refractivity contribution is 5.93. The summed E-state index contributed by atoms with van der Waals surface area (Å²) in [6.07, 6.45) is 0. The van der Waals surface area contributed by atoms with Crippen LogP contribution >= 0.6 is 0 Å². The van der Waals surface area contributed by atoms with Gasteiger partial charge in [0.2, 0.25) is 0 Å². The van der Waals surface area contributed by atoms with Gasteiger partial charge in [0.25, 0.3) is 5.91 Å². The number of likely N-dealkylation sites (tertiary alicyclic amines) is 1. The molecule has 0 spiro atoms. The van der Waals surface area contributed by atoms with Crippen LogP contribution in [0.5, 0.6) is 0 Å². The number of hydrogen-bond donors (Lipinski definition) is 1. The molecule has 2 N–H and O–H groups in total. The Balaban J connectivity index is 1.61. The Labute approximate surface area is 113 Å². The standard InChI is InChI=1S/C14H20N4O/c1-17(2)6-9-10-7-18(8-11(9)10)14(19)12-4-3-5-13(15)16-12/h3-5,9-11H,6-8H2,1-2H3,(H2,15,16)/t9?,10-,11+. The van der Waals surface area contributed by atoms with E-state index in [2.05, 4.69) is 24.0 Å². The average Bonchev–Trinajstić information content (AvgIpc) is 2.83. The van der Waals surface area contributed by atoms with Gasteiger partial charge in [0.1, 0.15) is 11.5 Å². The monoisotopic (exact) mass is 260 g/mol. The first-order valence-electron chi connectivity index (χ1n) is 6.73. The lowest BCUT2D eigenvalue weighted by Gasteiger charge is -2.20. The van der Waals surface area contributed by atoms with Crippen LogP contribution in [0.1, 0.15) is 10.5 Å². The van der Waals surface area contributed by atoms with Crippen molar-refractivity contribution < 1.29 is 4.79 Å². The summed E-state index contributed by atoms with van der Waals surface area (Å²) >= 11 is 0. The van der Waals surface area contributed by atoms with Crippen molar-refractivity contribution in [2.45, 2.75) is 0 Å². The number of aromatic nitrogens is 1. The van der Waals surface area contributed by atoms with E-state index in [0.29, 0.717) is 23.3 Å². The second-order valence-corrected chi connectivity index (χ2v) is 5.91. The molecule has 5 heteroatoms. The molecule has 19 heavy (non-hydrogen) atoms. The van der Waals surface area contributed by atoms with E-state index >= 15 is 0 Å². The zero-order valence-corrected chi connectivity index (χ0v) is 11.4. The van der Waals surface area contributed by atoms with Crippen molar-refractivity contribution in [1.82, 2.24) is 14.8 Å². The maximum absolute atomic E-state index is 12.3. The highest BCUT2D eigenvalue weighted by Crippen LogP contribution is 2.51. The predicted octanol–water partition coefficient (Wildman–Crippen LogP) is 0.543. The Bertz CT molecular complexity index is 490. The lowest BCUT2D eigenvalue weighted by molar-refractivity contribution is 0.0760. The Hall–Kier alpha value is -1.62. The minimum atomic E-state index is 0.0168. The molecule has 0 bridgehead atoms. The molecule has 1 aromatic rings. The summed E-state index contributed by atoms with van der Waals surface area (Å²) in [6, 6.07) is 5.21. The quantitative estimate of drug-likeness (QED) is 0.862. The Morgan fingerprint density at radius 3 is 2.68 bits per heavy atom. The molecule has 2 aliphatic rings. The fourth-order valence-electron chi connectivity index (χ4n) is 3.24. The lowest BCUT2D eigenvalue weighted by Crippen LogP contribution is -2.33. The number of nitrogen functional groups attached to an aromatic ring is 1. The number of pyridine rings is 1. The van der Waals surface area contributed by atoms with Gasteiger partial charge in [0.15, 0.2) is 0 Å². The molecule has 3 atom stereocenters. The highest BCUT2D eigenvalue weighted by atomic mass is 16.2. The Kier molecular flexibility index (Phi) is 2.93. The van der Waals surface area contributed by atoms with Crippen LogP contribution in [0.3, 0.4) is 0 Å². The van der Waals surface area contributed by atoms with E-state index in [1.54, 1.807) is 18.2 Å². The SMILES string of the molecule is CN(C)CC1[C@H]2CN(C(=O)c3cccc(N)n3)C[C@@H]12. The number of amides is 1. The fourth-order valence-corrected chi connectivity index (χ4v) is 3.24. The maximum Gasteiger partial charge on any atom is 0.272 e. The van der Waals surface area contributed by atoms with Crippen LogP contribution in [0, 0.1) is 17.8 Å². The first-order chi connectivity index (χ1) is 9.06. The van der Waals surface area contributed by atoms with Crippen LogP contribution in [0.25, 0.3) is 0 Å². The van der Waals surface area contributed by atoms with Crippen molar-refractivity contribution in [3.63, 3.8) is 0 Å². The highest BCUT2D eigenvalue weighted by Gasteiger charge is 2.56.